The van der Waals surface area contributed by atoms with Crippen LogP contribution < -0.4 is 10.1 Å². The van der Waals surface area contributed by atoms with Crippen molar-refractivity contribution in [1.82, 2.24) is 15.0 Å². The number of hydrogen-bond donors (Lipinski definition) is 1. The van der Waals surface area contributed by atoms with E-state index in [1.54, 1.807) is 18.5 Å². The molecule has 0 bridgehead atoms. The predicted molar refractivity (Wildman–Crippen MR) is 74.2 cm³/mol. The quantitative estimate of drug-likeness (QED) is 0.825. The Morgan fingerprint density at radius 3 is 3.00 bits per heavy atom. The summed E-state index contributed by atoms with van der Waals surface area (Å²) in [6.45, 7) is 3.50. The third kappa shape index (κ3) is 4.54. The van der Waals surface area contributed by atoms with Crippen molar-refractivity contribution in [3.63, 3.8) is 0 Å². The highest BCUT2D eigenvalue weighted by Gasteiger charge is 1.99. The van der Waals surface area contributed by atoms with E-state index in [1.165, 1.54) is 5.56 Å². The van der Waals surface area contributed by atoms with Crippen LogP contribution in [0.4, 0.5) is 5.95 Å². The lowest BCUT2D eigenvalue weighted by Crippen LogP contribution is -2.08. The van der Waals surface area contributed by atoms with Gasteiger partial charge < -0.3 is 10.1 Å². The van der Waals surface area contributed by atoms with Gasteiger partial charge in [-0.3, -0.25) is 4.98 Å². The Balaban J connectivity index is 1.82. The van der Waals surface area contributed by atoms with Gasteiger partial charge in [0.05, 0.1) is 6.61 Å². The van der Waals surface area contributed by atoms with Gasteiger partial charge in [-0.15, -0.1) is 0 Å². The zero-order valence-corrected chi connectivity index (χ0v) is 11.0. The van der Waals surface area contributed by atoms with E-state index >= 15 is 0 Å². The van der Waals surface area contributed by atoms with E-state index in [0.29, 0.717) is 18.4 Å². The molecule has 2 rings (SSSR count). The van der Waals surface area contributed by atoms with Crippen LogP contribution in [0.1, 0.15) is 18.9 Å². The highest BCUT2D eigenvalue weighted by atomic mass is 16.5. The molecule has 0 aliphatic carbocycles. The van der Waals surface area contributed by atoms with Crippen LogP contribution in [0.5, 0.6) is 5.88 Å². The van der Waals surface area contributed by atoms with Crippen molar-refractivity contribution < 1.29 is 4.74 Å². The average molecular weight is 258 g/mol. The Bertz CT molecular complexity index is 490. The van der Waals surface area contributed by atoms with Gasteiger partial charge in [-0.1, -0.05) is 13.0 Å². The van der Waals surface area contributed by atoms with Crippen LogP contribution in [-0.2, 0) is 6.42 Å². The van der Waals surface area contributed by atoms with E-state index in [2.05, 4.69) is 33.3 Å². The number of aromatic nitrogens is 3. The molecule has 2 aromatic heterocycles. The summed E-state index contributed by atoms with van der Waals surface area (Å²) in [5.74, 6) is 1.21. The molecule has 2 heterocycles. The lowest BCUT2D eigenvalue weighted by molar-refractivity contribution is 0.305. The van der Waals surface area contributed by atoms with Crippen molar-refractivity contribution in [1.29, 1.82) is 0 Å². The fourth-order valence-corrected chi connectivity index (χ4v) is 1.58. The van der Waals surface area contributed by atoms with Gasteiger partial charge in [0.2, 0.25) is 11.8 Å². The van der Waals surface area contributed by atoms with Gasteiger partial charge in [0, 0.05) is 31.2 Å². The van der Waals surface area contributed by atoms with Gasteiger partial charge in [0.1, 0.15) is 0 Å². The van der Waals surface area contributed by atoms with E-state index in [4.69, 9.17) is 4.74 Å². The number of rotatable bonds is 7. The first kappa shape index (κ1) is 13.3. The summed E-state index contributed by atoms with van der Waals surface area (Å²) in [6, 6.07) is 5.75. The third-order valence-corrected chi connectivity index (χ3v) is 2.50. The summed E-state index contributed by atoms with van der Waals surface area (Å²) in [5, 5.41) is 3.18. The van der Waals surface area contributed by atoms with Crippen molar-refractivity contribution in [3.05, 3.63) is 42.4 Å². The van der Waals surface area contributed by atoms with Crippen LogP contribution in [0.15, 0.2) is 36.8 Å². The standard InChI is InChI=1S/C14H18N4O/c1-2-10-19-13-6-9-17-14(18-13)16-8-5-12-4-3-7-15-11-12/h3-4,6-7,9,11H,2,5,8,10H2,1H3,(H,16,17,18). The Morgan fingerprint density at radius 1 is 1.26 bits per heavy atom. The minimum Gasteiger partial charge on any atom is -0.478 e. The van der Waals surface area contributed by atoms with Gasteiger partial charge in [-0.2, -0.15) is 4.98 Å². The van der Waals surface area contributed by atoms with E-state index < -0.39 is 0 Å². The van der Waals surface area contributed by atoms with Gasteiger partial charge in [-0.05, 0) is 24.5 Å². The molecule has 19 heavy (non-hydrogen) atoms. The second-order valence-electron chi connectivity index (χ2n) is 4.10. The molecule has 0 aliphatic heterocycles. The third-order valence-electron chi connectivity index (χ3n) is 2.50. The Labute approximate surface area is 113 Å². The lowest BCUT2D eigenvalue weighted by atomic mass is 10.2. The lowest BCUT2D eigenvalue weighted by Gasteiger charge is -2.07. The average Bonchev–Trinajstić information content (AvgIpc) is 2.47. The largest absolute Gasteiger partial charge is 0.478 e. The maximum Gasteiger partial charge on any atom is 0.225 e. The molecule has 1 N–H and O–H groups in total. The molecule has 0 atom stereocenters. The summed E-state index contributed by atoms with van der Waals surface area (Å²) in [6.07, 6.45) is 7.19. The Kier molecular flexibility index (Phi) is 5.10. The molecule has 2 aromatic rings. The van der Waals surface area contributed by atoms with Crippen molar-refractivity contribution >= 4 is 5.95 Å². The van der Waals surface area contributed by atoms with Crippen LogP contribution >= 0.6 is 0 Å². The van der Waals surface area contributed by atoms with Crippen LogP contribution in [0.3, 0.4) is 0 Å². The fourth-order valence-electron chi connectivity index (χ4n) is 1.58. The summed E-state index contributed by atoms with van der Waals surface area (Å²) >= 11 is 0. The number of nitrogens with one attached hydrogen (secondary N) is 1. The van der Waals surface area contributed by atoms with E-state index in [1.807, 2.05) is 12.3 Å². The summed E-state index contributed by atoms with van der Waals surface area (Å²) in [7, 11) is 0. The Hall–Kier alpha value is -2.17. The maximum absolute atomic E-state index is 5.46. The van der Waals surface area contributed by atoms with Gasteiger partial charge in [-0.25, -0.2) is 4.98 Å². The first-order valence-electron chi connectivity index (χ1n) is 6.47. The van der Waals surface area contributed by atoms with Crippen molar-refractivity contribution in [2.45, 2.75) is 19.8 Å². The Morgan fingerprint density at radius 2 is 2.21 bits per heavy atom. The number of pyridine rings is 1. The molecule has 5 heteroatoms. The number of anilines is 1. The minimum atomic E-state index is 0.595. The fraction of sp³-hybridized carbons (Fsp3) is 0.357. The van der Waals surface area contributed by atoms with E-state index in [9.17, 15) is 0 Å². The zero-order chi connectivity index (χ0) is 13.3. The highest BCUT2D eigenvalue weighted by molar-refractivity contribution is 5.27. The first-order valence-corrected chi connectivity index (χ1v) is 6.47. The number of hydrogen-bond acceptors (Lipinski definition) is 5. The topological polar surface area (TPSA) is 59.9 Å². The molecule has 0 spiro atoms. The molecule has 5 nitrogen and oxygen atoms in total. The first-order chi connectivity index (χ1) is 9.38. The molecule has 100 valence electrons. The molecular formula is C14H18N4O. The van der Waals surface area contributed by atoms with Crippen LogP contribution in [-0.4, -0.2) is 28.1 Å². The molecular weight excluding hydrogens is 240 g/mol. The molecule has 0 unspecified atom stereocenters. The van der Waals surface area contributed by atoms with Crippen LogP contribution in [0.2, 0.25) is 0 Å². The van der Waals surface area contributed by atoms with E-state index in [0.717, 1.165) is 19.4 Å². The molecule has 0 fully saturated rings. The maximum atomic E-state index is 5.46. The summed E-state index contributed by atoms with van der Waals surface area (Å²) in [5.41, 5.74) is 1.19. The van der Waals surface area contributed by atoms with Crippen molar-refractivity contribution in [2.75, 3.05) is 18.5 Å². The number of nitrogens with zero attached hydrogens (tertiary/aromatic N) is 3. The molecule has 0 aliphatic rings. The predicted octanol–water partition coefficient (Wildman–Crippen LogP) is 2.32. The zero-order valence-electron chi connectivity index (χ0n) is 11.0. The SMILES string of the molecule is CCCOc1ccnc(NCCc2cccnc2)n1. The second-order valence-corrected chi connectivity index (χ2v) is 4.10. The van der Waals surface area contributed by atoms with Gasteiger partial charge in [0.15, 0.2) is 0 Å². The second kappa shape index (κ2) is 7.31. The molecule has 0 aromatic carbocycles. The van der Waals surface area contributed by atoms with E-state index in [-0.39, 0.29) is 0 Å². The molecule has 0 radical (unpaired) electrons. The van der Waals surface area contributed by atoms with Gasteiger partial charge >= 0.3 is 0 Å². The summed E-state index contributed by atoms with van der Waals surface area (Å²) < 4.78 is 5.46. The van der Waals surface area contributed by atoms with Crippen LogP contribution in [0.25, 0.3) is 0 Å². The molecule has 0 saturated carbocycles. The highest BCUT2D eigenvalue weighted by Crippen LogP contribution is 2.08. The molecule has 0 amide bonds. The minimum absolute atomic E-state index is 0.595. The normalized spacial score (nSPS) is 10.2. The monoisotopic (exact) mass is 258 g/mol. The summed E-state index contributed by atoms with van der Waals surface area (Å²) in [4.78, 5) is 12.5. The van der Waals surface area contributed by atoms with Crippen molar-refractivity contribution in [2.24, 2.45) is 0 Å². The van der Waals surface area contributed by atoms with Crippen molar-refractivity contribution in [3.8, 4) is 5.88 Å². The molecule has 0 saturated heterocycles. The van der Waals surface area contributed by atoms with Crippen LogP contribution in [0, 0.1) is 0 Å². The number of ether oxygens (including phenoxy) is 1. The smallest absolute Gasteiger partial charge is 0.225 e. The van der Waals surface area contributed by atoms with Gasteiger partial charge in [0.25, 0.3) is 0 Å².